The lowest BCUT2D eigenvalue weighted by molar-refractivity contribution is -0.129. The third-order valence-corrected chi connectivity index (χ3v) is 5.42. The lowest BCUT2D eigenvalue weighted by Gasteiger charge is -2.30. The van der Waals surface area contributed by atoms with E-state index >= 15 is 0 Å². The predicted molar refractivity (Wildman–Crippen MR) is 89.2 cm³/mol. The Kier molecular flexibility index (Phi) is 5.13. The summed E-state index contributed by atoms with van der Waals surface area (Å²) in [6.45, 7) is 7.13. The molecule has 0 radical (unpaired) electrons. The summed E-state index contributed by atoms with van der Waals surface area (Å²) in [5.74, 6) is 1.04. The van der Waals surface area contributed by atoms with E-state index in [0.29, 0.717) is 42.6 Å². The fourth-order valence-corrected chi connectivity index (χ4v) is 3.87. The molecule has 1 saturated carbocycles. The van der Waals surface area contributed by atoms with Crippen LogP contribution in [-0.4, -0.2) is 68.1 Å². The highest BCUT2D eigenvalue weighted by atomic mass is 16.5. The van der Waals surface area contributed by atoms with Gasteiger partial charge in [0.25, 0.3) is 5.91 Å². The van der Waals surface area contributed by atoms with Gasteiger partial charge in [0, 0.05) is 27.5 Å². The molecule has 3 fully saturated rings. The molecule has 1 unspecified atom stereocenters. The first-order valence-corrected chi connectivity index (χ1v) is 7.83. The van der Waals surface area contributed by atoms with Crippen LogP contribution >= 0.6 is 0 Å². The number of carbonyl (C=O) groups excluding carboxylic acids is 1. The summed E-state index contributed by atoms with van der Waals surface area (Å²) in [5.41, 5.74) is 6.40. The maximum Gasteiger partial charge on any atom is 0.257 e. The monoisotopic (exact) mass is 327 g/mol. The first-order chi connectivity index (χ1) is 10.5. The summed E-state index contributed by atoms with van der Waals surface area (Å²) in [5, 5.41) is 0. The summed E-state index contributed by atoms with van der Waals surface area (Å²) in [7, 11) is 1.68. The molecule has 0 aromatic heterocycles. The molecule has 0 aromatic rings. The van der Waals surface area contributed by atoms with Crippen molar-refractivity contribution in [1.82, 2.24) is 4.90 Å². The van der Waals surface area contributed by atoms with E-state index in [0.717, 1.165) is 6.54 Å². The Labute approximate surface area is 138 Å². The minimum absolute atomic E-state index is 0. The minimum Gasteiger partial charge on any atom is -0.412 e. The minimum atomic E-state index is -0.0449. The number of likely N-dealkylation sites (tertiary alicyclic amines) is 1. The van der Waals surface area contributed by atoms with E-state index in [1.807, 2.05) is 4.90 Å². The molecule has 4 N–H and O–H groups in total. The Hall–Kier alpha value is -1.44. The molecular formula is C16H29N3O4. The van der Waals surface area contributed by atoms with Crippen LogP contribution in [-0.2, 0) is 14.3 Å². The van der Waals surface area contributed by atoms with Crippen LogP contribution in [0.4, 0.5) is 0 Å². The lowest BCUT2D eigenvalue weighted by Crippen LogP contribution is -2.44. The third-order valence-electron chi connectivity index (χ3n) is 5.42. The van der Waals surface area contributed by atoms with E-state index in [9.17, 15) is 4.79 Å². The van der Waals surface area contributed by atoms with Gasteiger partial charge in [-0.1, -0.05) is 13.8 Å². The van der Waals surface area contributed by atoms with Crippen molar-refractivity contribution in [1.29, 1.82) is 0 Å². The fraction of sp³-hybridized carbons (Fsp3) is 0.750. The van der Waals surface area contributed by atoms with Crippen LogP contribution in [0.15, 0.2) is 16.8 Å². The zero-order valence-corrected chi connectivity index (χ0v) is 14.0. The molecule has 2 saturated heterocycles. The molecule has 3 rings (SSSR count). The molecule has 23 heavy (non-hydrogen) atoms. The molecule has 0 spiro atoms. The van der Waals surface area contributed by atoms with Crippen molar-refractivity contribution in [2.45, 2.75) is 25.9 Å². The number of piperidine rings is 1. The normalized spacial score (nSPS) is 32.4. The van der Waals surface area contributed by atoms with Gasteiger partial charge >= 0.3 is 0 Å². The van der Waals surface area contributed by atoms with Gasteiger partial charge in [-0.3, -0.25) is 9.79 Å². The third kappa shape index (κ3) is 3.00. The number of nitrogens with zero attached hydrogens (tertiary/aromatic N) is 2. The molecule has 2 heterocycles. The molecule has 132 valence electrons. The van der Waals surface area contributed by atoms with Gasteiger partial charge in [0.2, 0.25) is 0 Å². The maximum absolute atomic E-state index is 12.8. The SMILES string of the molecule is COC[C@@H]1[C@@H]2C(CN1C(=O)/C(C=NC1COC1)=C/N)C2(C)C.O.[HH]. The van der Waals surface area contributed by atoms with E-state index in [2.05, 4.69) is 18.8 Å². The van der Waals surface area contributed by atoms with Crippen LogP contribution in [0.25, 0.3) is 0 Å². The Morgan fingerprint density at radius 1 is 1.52 bits per heavy atom. The molecule has 3 atom stereocenters. The van der Waals surface area contributed by atoms with E-state index < -0.39 is 0 Å². The van der Waals surface area contributed by atoms with Gasteiger partial charge in [-0.25, -0.2) is 0 Å². The van der Waals surface area contributed by atoms with Gasteiger partial charge < -0.3 is 25.6 Å². The van der Waals surface area contributed by atoms with Crippen molar-refractivity contribution in [3.63, 3.8) is 0 Å². The molecule has 2 aliphatic heterocycles. The number of methoxy groups -OCH3 is 1. The highest BCUT2D eigenvalue weighted by Crippen LogP contribution is 2.64. The van der Waals surface area contributed by atoms with Crippen molar-refractivity contribution in [3.8, 4) is 0 Å². The van der Waals surface area contributed by atoms with E-state index in [1.54, 1.807) is 13.3 Å². The number of fused-ring (bicyclic) bond motifs is 1. The molecule has 0 bridgehead atoms. The number of rotatable bonds is 5. The van der Waals surface area contributed by atoms with Gasteiger partial charge in [-0.2, -0.15) is 0 Å². The fourth-order valence-electron chi connectivity index (χ4n) is 3.87. The maximum atomic E-state index is 12.8. The van der Waals surface area contributed by atoms with Gasteiger partial charge in [0.1, 0.15) is 0 Å². The quantitative estimate of drug-likeness (QED) is 0.559. The van der Waals surface area contributed by atoms with Crippen LogP contribution < -0.4 is 5.73 Å². The second-order valence-corrected chi connectivity index (χ2v) is 7.03. The van der Waals surface area contributed by atoms with Crippen molar-refractivity contribution >= 4 is 12.1 Å². The molecule has 1 amide bonds. The summed E-state index contributed by atoms with van der Waals surface area (Å²) in [6, 6.07) is 0.288. The van der Waals surface area contributed by atoms with Crippen LogP contribution in [0.2, 0.25) is 0 Å². The number of ether oxygens (including phenoxy) is 2. The largest absolute Gasteiger partial charge is 0.412 e. The smallest absolute Gasteiger partial charge is 0.257 e. The summed E-state index contributed by atoms with van der Waals surface area (Å²) in [4.78, 5) is 19.0. The van der Waals surface area contributed by atoms with Gasteiger partial charge in [0.05, 0.1) is 37.5 Å². The molecular weight excluding hydrogens is 298 g/mol. The second kappa shape index (κ2) is 6.59. The predicted octanol–water partition coefficient (Wildman–Crippen LogP) is -0.151. The zero-order chi connectivity index (χ0) is 15.9. The molecule has 7 heteroatoms. The lowest BCUT2D eigenvalue weighted by atomic mass is 10.0. The highest BCUT2D eigenvalue weighted by Gasteiger charge is 2.67. The Morgan fingerprint density at radius 3 is 2.74 bits per heavy atom. The molecule has 0 aromatic carbocycles. The van der Waals surface area contributed by atoms with Gasteiger partial charge in [-0.05, 0) is 17.3 Å². The Bertz CT molecular complexity index is 519. The molecule has 3 aliphatic rings. The van der Waals surface area contributed by atoms with E-state index in [4.69, 9.17) is 15.2 Å². The first kappa shape index (κ1) is 17.9. The van der Waals surface area contributed by atoms with Gasteiger partial charge in [0.15, 0.2) is 0 Å². The molecule has 1 aliphatic carbocycles. The Balaban J connectivity index is 0.00000144. The van der Waals surface area contributed by atoms with Crippen LogP contribution in [0.1, 0.15) is 15.3 Å². The standard InChI is InChI=1S/C16H25N3O3.H2O.H2/c1-16(2)12-6-19(13(9-21-3)14(12)16)15(20)10(4-17)5-18-11-7-22-8-11;;/h4-5,11-14H,6-9,17H2,1-3H3;1H2;1H/b10-4+,18-5?;;/t12?,13-,14+;;/m1../s1. The number of aliphatic imine (C=N–C) groups is 1. The Morgan fingerprint density at radius 2 is 2.22 bits per heavy atom. The van der Waals surface area contributed by atoms with Gasteiger partial charge in [-0.15, -0.1) is 0 Å². The number of amides is 1. The average molecular weight is 327 g/mol. The molecule has 7 nitrogen and oxygen atoms in total. The number of nitrogens with two attached hydrogens (primary N) is 1. The highest BCUT2D eigenvalue weighted by molar-refractivity contribution is 6.12. The van der Waals surface area contributed by atoms with Crippen molar-refractivity contribution in [2.24, 2.45) is 28.0 Å². The van der Waals surface area contributed by atoms with Crippen molar-refractivity contribution < 1.29 is 21.2 Å². The average Bonchev–Trinajstić information content (AvgIpc) is 2.80. The van der Waals surface area contributed by atoms with Crippen LogP contribution in [0, 0.1) is 17.3 Å². The van der Waals surface area contributed by atoms with Crippen LogP contribution in [0.3, 0.4) is 0 Å². The van der Waals surface area contributed by atoms with E-state index in [1.165, 1.54) is 6.20 Å². The van der Waals surface area contributed by atoms with Crippen molar-refractivity contribution in [3.05, 3.63) is 11.8 Å². The number of hydrogen-bond donors (Lipinski definition) is 1. The topological polar surface area (TPSA) is 109 Å². The van der Waals surface area contributed by atoms with Crippen molar-refractivity contribution in [2.75, 3.05) is 33.5 Å². The van der Waals surface area contributed by atoms with Crippen LogP contribution in [0.5, 0.6) is 0 Å². The zero-order valence-electron chi connectivity index (χ0n) is 14.0. The number of carbonyl (C=O) groups is 1. The van der Waals surface area contributed by atoms with E-state index in [-0.39, 0.29) is 24.9 Å². The first-order valence-electron chi connectivity index (χ1n) is 7.83. The second-order valence-electron chi connectivity index (χ2n) is 7.03. The number of hydrogen-bond acceptors (Lipinski definition) is 5. The summed E-state index contributed by atoms with van der Waals surface area (Å²) in [6.07, 6.45) is 2.94. The summed E-state index contributed by atoms with van der Waals surface area (Å²) >= 11 is 0. The summed E-state index contributed by atoms with van der Waals surface area (Å²) < 4.78 is 10.4.